The highest BCUT2D eigenvalue weighted by Gasteiger charge is 2.37. The molecule has 17 heavy (non-hydrogen) atoms. The molecule has 0 spiro atoms. The Kier molecular flexibility index (Phi) is 5.46. The van der Waals surface area contributed by atoms with Gasteiger partial charge in [0.05, 0.1) is 22.7 Å². The average Bonchev–Trinajstić information content (AvgIpc) is 2.34. The van der Waals surface area contributed by atoms with Crippen molar-refractivity contribution >= 4 is 0 Å². The van der Waals surface area contributed by atoms with E-state index in [1.165, 1.54) is 13.8 Å². The van der Waals surface area contributed by atoms with Gasteiger partial charge in [-0.15, -0.1) is 10.2 Å². The van der Waals surface area contributed by atoms with Crippen LogP contribution < -0.4 is 0 Å². The Hall–Kier alpha value is -2.30. The van der Waals surface area contributed by atoms with Crippen LogP contribution in [0.3, 0.4) is 0 Å². The molecule has 2 atom stereocenters. The molecule has 0 fully saturated rings. The van der Waals surface area contributed by atoms with Gasteiger partial charge in [0.2, 0.25) is 0 Å². The maximum absolute atomic E-state index is 8.89. The molecule has 2 N–H and O–H groups in total. The second-order valence-corrected chi connectivity index (χ2v) is 3.47. The van der Waals surface area contributed by atoms with Crippen LogP contribution >= 0.6 is 0 Å². The summed E-state index contributed by atoms with van der Waals surface area (Å²) in [6.07, 6.45) is -0.202. The first-order chi connectivity index (χ1) is 7.95. The zero-order valence-corrected chi connectivity index (χ0v) is 9.10. The van der Waals surface area contributed by atoms with E-state index in [2.05, 4.69) is 30.8 Å². The van der Waals surface area contributed by atoms with Gasteiger partial charge >= 0.3 is 0 Å². The summed E-state index contributed by atoms with van der Waals surface area (Å²) < 4.78 is 0. The lowest BCUT2D eigenvalue weighted by Crippen LogP contribution is -2.32. The maximum Gasteiger partial charge on any atom is 0.171 e. The summed E-state index contributed by atoms with van der Waals surface area (Å²) in [4.78, 5) is 6.75. The number of nitriles is 2. The van der Waals surface area contributed by atoms with Gasteiger partial charge in [-0.05, 0) is 13.8 Å². The first-order valence-corrected chi connectivity index (χ1v) is 4.23. The molecule has 0 aromatic rings. The predicted molar refractivity (Wildman–Crippen MR) is 49.8 cm³/mol. The topological polar surface area (TPSA) is 156 Å². The van der Waals surface area contributed by atoms with Crippen molar-refractivity contribution in [2.75, 3.05) is 0 Å². The van der Waals surface area contributed by atoms with Gasteiger partial charge < -0.3 is 0 Å². The minimum atomic E-state index is -1.46. The van der Waals surface area contributed by atoms with Crippen molar-refractivity contribution < 1.29 is 20.5 Å². The Balaban J connectivity index is 4.99. The number of hydrogen-bond acceptors (Lipinski definition) is 10. The van der Waals surface area contributed by atoms with E-state index in [4.69, 9.17) is 21.0 Å². The van der Waals surface area contributed by atoms with Crippen molar-refractivity contribution in [3.63, 3.8) is 0 Å². The van der Waals surface area contributed by atoms with Gasteiger partial charge in [0, 0.05) is 6.42 Å². The molecule has 0 rings (SSSR count). The second kappa shape index (κ2) is 6.32. The van der Waals surface area contributed by atoms with Gasteiger partial charge in [0.15, 0.2) is 11.1 Å². The number of rotatable bonds is 6. The monoisotopic (exact) mass is 242 g/mol. The average molecular weight is 242 g/mol. The van der Waals surface area contributed by atoms with Crippen LogP contribution in [0.25, 0.3) is 0 Å². The highest BCUT2D eigenvalue weighted by Crippen LogP contribution is 2.27. The molecule has 0 radical (unpaired) electrons. The molecule has 0 aliphatic heterocycles. The van der Waals surface area contributed by atoms with Gasteiger partial charge in [-0.25, -0.2) is 9.98 Å². The third kappa shape index (κ3) is 4.83. The van der Waals surface area contributed by atoms with E-state index in [1.54, 1.807) is 12.1 Å². The van der Waals surface area contributed by atoms with E-state index in [9.17, 15) is 0 Å². The first-order valence-electron chi connectivity index (χ1n) is 4.23. The van der Waals surface area contributed by atoms with E-state index in [1.807, 2.05) is 0 Å². The van der Waals surface area contributed by atoms with Crippen molar-refractivity contribution in [2.45, 2.75) is 31.3 Å². The van der Waals surface area contributed by atoms with Gasteiger partial charge in [-0.3, -0.25) is 0 Å². The number of hydrogen-bond donors (Lipinski definition) is 2. The third-order valence-electron chi connectivity index (χ3n) is 1.77. The van der Waals surface area contributed by atoms with Crippen LogP contribution in [0.4, 0.5) is 0 Å². The van der Waals surface area contributed by atoms with Gasteiger partial charge in [0.1, 0.15) is 0 Å². The molecule has 0 aromatic heterocycles. The molecule has 0 aliphatic rings. The molecular weight excluding hydrogens is 232 g/mol. The maximum atomic E-state index is 8.89. The second-order valence-electron chi connectivity index (χ2n) is 3.47. The van der Waals surface area contributed by atoms with Crippen molar-refractivity contribution in [1.82, 2.24) is 0 Å². The molecule has 0 aromatic carbocycles. The third-order valence-corrected chi connectivity index (χ3v) is 1.77. The van der Waals surface area contributed by atoms with E-state index in [0.29, 0.717) is 0 Å². The molecule has 0 amide bonds. The van der Waals surface area contributed by atoms with Gasteiger partial charge in [-0.1, -0.05) is 0 Å². The van der Waals surface area contributed by atoms with Crippen LogP contribution in [0, 0.1) is 22.7 Å². The predicted octanol–water partition coefficient (Wildman–Crippen LogP) is 1.65. The number of nitrogens with zero attached hydrogens (tertiary/aromatic N) is 6. The molecule has 0 aliphatic carbocycles. The smallest absolute Gasteiger partial charge is 0.171 e. The van der Waals surface area contributed by atoms with E-state index in [0.717, 1.165) is 0 Å². The molecule has 0 heterocycles. The lowest BCUT2D eigenvalue weighted by Gasteiger charge is -2.21. The fraction of sp³-hybridized carbons (Fsp3) is 0.714. The van der Waals surface area contributed by atoms with Crippen LogP contribution in [0.1, 0.15) is 20.3 Å². The quantitative estimate of drug-likeness (QED) is 0.409. The summed E-state index contributed by atoms with van der Waals surface area (Å²) in [5.74, 6) is 0. The summed E-state index contributed by atoms with van der Waals surface area (Å²) in [5.41, 5.74) is -2.91. The van der Waals surface area contributed by atoms with Crippen LogP contribution in [-0.2, 0) is 9.98 Å². The fourth-order valence-corrected chi connectivity index (χ4v) is 1.08. The molecule has 92 valence electrons. The molecule has 0 saturated heterocycles. The van der Waals surface area contributed by atoms with Gasteiger partial charge in [-0.2, -0.15) is 21.0 Å². The Bertz CT molecular complexity index is 349. The minimum Gasteiger partial charge on any atom is -0.203 e. The lowest BCUT2D eigenvalue weighted by atomic mass is 9.87. The van der Waals surface area contributed by atoms with Crippen molar-refractivity contribution in [3.8, 4) is 12.1 Å². The van der Waals surface area contributed by atoms with Crippen LogP contribution in [0.5, 0.6) is 0 Å². The largest absolute Gasteiger partial charge is 0.203 e. The first kappa shape index (κ1) is 14.7. The van der Waals surface area contributed by atoms with Crippen LogP contribution in [0.2, 0.25) is 0 Å². The summed E-state index contributed by atoms with van der Waals surface area (Å²) in [6, 6.07) is 3.54. The highest BCUT2D eigenvalue weighted by molar-refractivity contribution is 5.14. The molecule has 2 unspecified atom stereocenters. The minimum absolute atomic E-state index is 0.202. The van der Waals surface area contributed by atoms with E-state index in [-0.39, 0.29) is 6.42 Å². The lowest BCUT2D eigenvalue weighted by molar-refractivity contribution is -0.253. The van der Waals surface area contributed by atoms with Crippen molar-refractivity contribution in [3.05, 3.63) is 0 Å². The molecule has 0 bridgehead atoms. The van der Waals surface area contributed by atoms with E-state index < -0.39 is 11.1 Å². The zero-order valence-electron chi connectivity index (χ0n) is 9.10. The summed E-state index contributed by atoms with van der Waals surface area (Å²) in [6.45, 7) is 2.70. The molecule has 10 heteroatoms. The zero-order chi connectivity index (χ0) is 13.4. The Labute approximate surface area is 96.2 Å². The van der Waals surface area contributed by atoms with Crippen molar-refractivity contribution in [2.24, 2.45) is 20.8 Å². The van der Waals surface area contributed by atoms with Crippen LogP contribution in [0.15, 0.2) is 20.8 Å². The van der Waals surface area contributed by atoms with Crippen LogP contribution in [-0.4, -0.2) is 21.6 Å². The Morgan fingerprint density at radius 3 is 1.59 bits per heavy atom. The highest BCUT2D eigenvalue weighted by atomic mass is 17.2. The SMILES string of the molecule is CC(C#N)(CC(C)(C#N)/N=N/OO)/N=N/OO. The van der Waals surface area contributed by atoms with E-state index >= 15 is 0 Å². The fourth-order valence-electron chi connectivity index (χ4n) is 1.08. The molecule has 10 nitrogen and oxygen atoms in total. The summed E-state index contributed by atoms with van der Waals surface area (Å²) in [7, 11) is 0. The normalized spacial score (nSPS) is 18.0. The van der Waals surface area contributed by atoms with Gasteiger partial charge in [0.25, 0.3) is 0 Å². The summed E-state index contributed by atoms with van der Waals surface area (Å²) >= 11 is 0. The summed E-state index contributed by atoms with van der Waals surface area (Å²) in [5, 5.41) is 46.1. The Morgan fingerprint density at radius 1 is 1.00 bits per heavy atom. The van der Waals surface area contributed by atoms with Crippen molar-refractivity contribution in [1.29, 1.82) is 10.5 Å². The Morgan fingerprint density at radius 2 is 1.35 bits per heavy atom. The molecular formula is C7H10N6O4. The molecule has 0 saturated carbocycles. The standard InChI is InChI=1S/C7H10N6O4/c1-6(4-8,10-12-16-14)3-7(2,5-9)11-13-17-15/h14-15H,3H2,1-2H3/b12-10+,13-11+.